The summed E-state index contributed by atoms with van der Waals surface area (Å²) in [6.45, 7) is 1.90. The number of aromatic carboxylic acids is 1. The quantitative estimate of drug-likeness (QED) is 0.761. The average Bonchev–Trinajstić information content (AvgIpc) is 2.84. The molecule has 0 radical (unpaired) electrons. The molecule has 0 aliphatic carbocycles. The fourth-order valence-electron chi connectivity index (χ4n) is 2.00. The summed E-state index contributed by atoms with van der Waals surface area (Å²) in [5.41, 5.74) is 1.81. The predicted molar refractivity (Wildman–Crippen MR) is 70.6 cm³/mol. The molecule has 2 heterocycles. The van der Waals surface area contributed by atoms with Gasteiger partial charge in [-0.25, -0.2) is 14.5 Å². The zero-order chi connectivity index (χ0) is 13.4. The lowest BCUT2D eigenvalue weighted by atomic mass is 10.1. The van der Waals surface area contributed by atoms with E-state index in [-0.39, 0.29) is 5.56 Å². The van der Waals surface area contributed by atoms with Crippen LogP contribution in [0.4, 0.5) is 0 Å². The summed E-state index contributed by atoms with van der Waals surface area (Å²) >= 11 is 0. The largest absolute Gasteiger partial charge is 0.478 e. The summed E-state index contributed by atoms with van der Waals surface area (Å²) in [6.07, 6.45) is 1.82. The first-order chi connectivity index (χ1) is 9.15. The molecule has 0 aliphatic heterocycles. The SMILES string of the molecule is Cc1ccn(-c2ccc3c(C(=O)O)cccc3n2)n1. The molecule has 0 spiro atoms. The minimum Gasteiger partial charge on any atom is -0.478 e. The van der Waals surface area contributed by atoms with Gasteiger partial charge in [0.2, 0.25) is 0 Å². The van der Waals surface area contributed by atoms with Crippen molar-refractivity contribution in [2.24, 2.45) is 0 Å². The summed E-state index contributed by atoms with van der Waals surface area (Å²) in [5.74, 6) is -0.279. The lowest BCUT2D eigenvalue weighted by Gasteiger charge is -2.05. The van der Waals surface area contributed by atoms with Crippen LogP contribution in [0.15, 0.2) is 42.6 Å². The molecule has 0 bridgehead atoms. The van der Waals surface area contributed by atoms with E-state index in [1.807, 2.05) is 19.2 Å². The molecule has 5 nitrogen and oxygen atoms in total. The molecule has 0 amide bonds. The normalized spacial score (nSPS) is 10.8. The molecule has 1 N–H and O–H groups in total. The van der Waals surface area contributed by atoms with Crippen LogP contribution in [0.3, 0.4) is 0 Å². The highest BCUT2D eigenvalue weighted by Crippen LogP contribution is 2.19. The number of carbonyl (C=O) groups is 1. The maximum absolute atomic E-state index is 11.1. The Morgan fingerprint density at radius 1 is 1.21 bits per heavy atom. The highest BCUT2D eigenvalue weighted by molar-refractivity contribution is 6.02. The Labute approximate surface area is 109 Å². The standard InChI is InChI=1S/C14H11N3O2/c1-9-7-8-17(16-9)13-6-5-10-11(14(18)19)3-2-4-12(10)15-13/h2-8H,1H3,(H,18,19). The Morgan fingerprint density at radius 3 is 2.74 bits per heavy atom. The highest BCUT2D eigenvalue weighted by atomic mass is 16.4. The van der Waals surface area contributed by atoms with Gasteiger partial charge in [-0.15, -0.1) is 0 Å². The number of carboxylic acids is 1. The van der Waals surface area contributed by atoms with Gasteiger partial charge in [0.25, 0.3) is 0 Å². The first-order valence-corrected chi connectivity index (χ1v) is 5.81. The molecule has 94 valence electrons. The number of hydrogen-bond donors (Lipinski definition) is 1. The Morgan fingerprint density at radius 2 is 2.05 bits per heavy atom. The topological polar surface area (TPSA) is 68.0 Å². The van der Waals surface area contributed by atoms with Crippen LogP contribution in [0.1, 0.15) is 16.1 Å². The van der Waals surface area contributed by atoms with Gasteiger partial charge in [0.15, 0.2) is 5.82 Å². The maximum Gasteiger partial charge on any atom is 0.336 e. The van der Waals surface area contributed by atoms with Crippen LogP contribution in [0.2, 0.25) is 0 Å². The van der Waals surface area contributed by atoms with Crippen molar-refractivity contribution in [3.63, 3.8) is 0 Å². The third-order valence-electron chi connectivity index (χ3n) is 2.90. The molecule has 0 saturated heterocycles. The molecular weight excluding hydrogens is 242 g/mol. The molecule has 0 aliphatic rings. The van der Waals surface area contributed by atoms with Gasteiger partial charge < -0.3 is 5.11 Å². The zero-order valence-corrected chi connectivity index (χ0v) is 10.2. The Balaban J connectivity index is 2.19. The Hall–Kier alpha value is -2.69. The van der Waals surface area contributed by atoms with Crippen molar-refractivity contribution in [2.45, 2.75) is 6.92 Å². The number of pyridine rings is 1. The number of rotatable bonds is 2. The zero-order valence-electron chi connectivity index (χ0n) is 10.2. The molecule has 0 atom stereocenters. The van der Waals surface area contributed by atoms with Crippen molar-refractivity contribution in [1.82, 2.24) is 14.8 Å². The molecule has 3 rings (SSSR count). The molecule has 0 unspecified atom stereocenters. The lowest BCUT2D eigenvalue weighted by molar-refractivity contribution is 0.0699. The van der Waals surface area contributed by atoms with E-state index in [1.54, 1.807) is 35.0 Å². The van der Waals surface area contributed by atoms with E-state index in [9.17, 15) is 4.79 Å². The fourth-order valence-corrected chi connectivity index (χ4v) is 2.00. The van der Waals surface area contributed by atoms with E-state index in [4.69, 9.17) is 5.11 Å². The van der Waals surface area contributed by atoms with Crippen LogP contribution >= 0.6 is 0 Å². The number of hydrogen-bond acceptors (Lipinski definition) is 3. The number of aromatic nitrogens is 3. The molecule has 1 aromatic carbocycles. The van der Waals surface area contributed by atoms with Gasteiger partial charge in [0.1, 0.15) is 0 Å². The van der Waals surface area contributed by atoms with Crippen molar-refractivity contribution in [3.8, 4) is 5.82 Å². The molecule has 3 aromatic rings. The van der Waals surface area contributed by atoms with Crippen LogP contribution in [0.5, 0.6) is 0 Å². The van der Waals surface area contributed by atoms with Gasteiger partial charge in [-0.05, 0) is 37.3 Å². The maximum atomic E-state index is 11.1. The van der Waals surface area contributed by atoms with Gasteiger partial charge >= 0.3 is 5.97 Å². The van der Waals surface area contributed by atoms with Gasteiger partial charge in [-0.2, -0.15) is 5.10 Å². The molecule has 19 heavy (non-hydrogen) atoms. The van der Waals surface area contributed by atoms with Crippen LogP contribution < -0.4 is 0 Å². The molecule has 5 heteroatoms. The third-order valence-corrected chi connectivity index (χ3v) is 2.90. The summed E-state index contributed by atoms with van der Waals surface area (Å²) < 4.78 is 1.67. The van der Waals surface area contributed by atoms with Crippen molar-refractivity contribution in [3.05, 3.63) is 53.9 Å². The van der Waals surface area contributed by atoms with Gasteiger partial charge in [0.05, 0.1) is 16.8 Å². The molecule has 0 fully saturated rings. The van der Waals surface area contributed by atoms with Gasteiger partial charge in [0, 0.05) is 11.6 Å². The first-order valence-electron chi connectivity index (χ1n) is 5.81. The molecular formula is C14H11N3O2. The summed E-state index contributed by atoms with van der Waals surface area (Å²) in [5, 5.41) is 14.0. The van der Waals surface area contributed by atoms with Crippen molar-refractivity contribution in [2.75, 3.05) is 0 Å². The Bertz CT molecular complexity index is 777. The van der Waals surface area contributed by atoms with Gasteiger partial charge in [-0.1, -0.05) is 6.07 Å². The van der Waals surface area contributed by atoms with Crippen molar-refractivity contribution < 1.29 is 9.90 Å². The number of fused-ring (bicyclic) bond motifs is 1. The van der Waals surface area contributed by atoms with E-state index in [0.29, 0.717) is 16.7 Å². The van der Waals surface area contributed by atoms with E-state index < -0.39 is 5.97 Å². The van der Waals surface area contributed by atoms with E-state index in [1.165, 1.54) is 0 Å². The Kier molecular flexibility index (Phi) is 2.52. The number of nitrogens with zero attached hydrogens (tertiary/aromatic N) is 3. The second kappa shape index (κ2) is 4.20. The molecule has 2 aromatic heterocycles. The van der Waals surface area contributed by atoms with Crippen LogP contribution in [0.25, 0.3) is 16.7 Å². The second-order valence-electron chi connectivity index (χ2n) is 4.25. The van der Waals surface area contributed by atoms with E-state index >= 15 is 0 Å². The van der Waals surface area contributed by atoms with Crippen molar-refractivity contribution in [1.29, 1.82) is 0 Å². The van der Waals surface area contributed by atoms with Crippen molar-refractivity contribution >= 4 is 16.9 Å². The first kappa shape index (κ1) is 11.4. The number of aryl methyl sites for hydroxylation is 1. The lowest BCUT2D eigenvalue weighted by Crippen LogP contribution is -2.01. The van der Waals surface area contributed by atoms with E-state index in [2.05, 4.69) is 10.1 Å². The minimum absolute atomic E-state index is 0.258. The predicted octanol–water partition coefficient (Wildman–Crippen LogP) is 2.43. The number of carboxylic acid groups (broad SMARTS) is 1. The number of benzene rings is 1. The van der Waals surface area contributed by atoms with Crippen LogP contribution in [-0.2, 0) is 0 Å². The monoisotopic (exact) mass is 253 g/mol. The summed E-state index contributed by atoms with van der Waals surface area (Å²) in [7, 11) is 0. The summed E-state index contributed by atoms with van der Waals surface area (Å²) in [6, 6.07) is 10.5. The minimum atomic E-state index is -0.949. The van der Waals surface area contributed by atoms with Crippen LogP contribution in [-0.4, -0.2) is 25.8 Å². The fraction of sp³-hybridized carbons (Fsp3) is 0.0714. The third kappa shape index (κ3) is 1.95. The highest BCUT2D eigenvalue weighted by Gasteiger charge is 2.09. The van der Waals surface area contributed by atoms with Gasteiger partial charge in [-0.3, -0.25) is 0 Å². The smallest absolute Gasteiger partial charge is 0.336 e. The second-order valence-corrected chi connectivity index (χ2v) is 4.25. The van der Waals surface area contributed by atoms with E-state index in [0.717, 1.165) is 5.69 Å². The van der Waals surface area contributed by atoms with Crippen LogP contribution in [0, 0.1) is 6.92 Å². The summed E-state index contributed by atoms with van der Waals surface area (Å²) in [4.78, 5) is 15.6. The molecule has 0 saturated carbocycles. The average molecular weight is 253 g/mol.